The number of para-hydroxylation sites is 1. The van der Waals surface area contributed by atoms with Gasteiger partial charge in [0.1, 0.15) is 18.2 Å². The number of nitrogens with zero attached hydrogens (tertiary/aromatic N) is 1. The van der Waals surface area contributed by atoms with E-state index in [-0.39, 0.29) is 0 Å². The Hall–Kier alpha value is -3.91. The SMILES string of the molecule is Cc1ccc(-c2c(C)ccc3c2oc2c(-c4ccc5ccccc5c4)cccc23)[n+](C)c1. The predicted molar refractivity (Wildman–Crippen MR) is 133 cm³/mol. The summed E-state index contributed by atoms with van der Waals surface area (Å²) < 4.78 is 8.88. The largest absolute Gasteiger partial charge is 0.454 e. The summed E-state index contributed by atoms with van der Waals surface area (Å²) in [5.74, 6) is 0. The zero-order chi connectivity index (χ0) is 21.8. The van der Waals surface area contributed by atoms with Gasteiger partial charge in [-0.3, -0.25) is 0 Å². The van der Waals surface area contributed by atoms with Gasteiger partial charge >= 0.3 is 0 Å². The first kappa shape index (κ1) is 18.8. The molecule has 0 bridgehead atoms. The maximum absolute atomic E-state index is 6.69. The highest BCUT2D eigenvalue weighted by Gasteiger charge is 2.21. The highest BCUT2D eigenvalue weighted by Crippen LogP contribution is 2.40. The molecule has 0 radical (unpaired) electrons. The summed E-state index contributed by atoms with van der Waals surface area (Å²) in [4.78, 5) is 0. The van der Waals surface area contributed by atoms with E-state index in [4.69, 9.17) is 4.42 Å². The van der Waals surface area contributed by atoms with Gasteiger partial charge in [-0.2, -0.15) is 0 Å². The minimum Gasteiger partial charge on any atom is -0.454 e. The number of pyridine rings is 1. The third kappa shape index (κ3) is 2.84. The molecule has 0 atom stereocenters. The van der Waals surface area contributed by atoms with Crippen LogP contribution in [0.5, 0.6) is 0 Å². The predicted octanol–water partition coefficient (Wildman–Crippen LogP) is 7.51. The third-order valence-corrected chi connectivity index (χ3v) is 6.47. The van der Waals surface area contributed by atoms with Gasteiger partial charge in [0, 0.05) is 28.0 Å². The van der Waals surface area contributed by atoms with E-state index in [2.05, 4.69) is 117 Å². The fourth-order valence-corrected chi connectivity index (χ4v) is 4.87. The van der Waals surface area contributed by atoms with E-state index in [0.29, 0.717) is 0 Å². The van der Waals surface area contributed by atoms with Crippen LogP contribution >= 0.6 is 0 Å². The van der Waals surface area contributed by atoms with E-state index in [1.54, 1.807) is 0 Å². The van der Waals surface area contributed by atoms with Crippen LogP contribution in [0.2, 0.25) is 0 Å². The Balaban J connectivity index is 1.65. The Bertz CT molecular complexity index is 1660. The number of fused-ring (bicyclic) bond motifs is 4. The average Bonchev–Trinajstić information content (AvgIpc) is 3.18. The van der Waals surface area contributed by atoms with Gasteiger partial charge in [0.05, 0.1) is 5.56 Å². The molecule has 0 fully saturated rings. The van der Waals surface area contributed by atoms with Crippen LogP contribution in [0.3, 0.4) is 0 Å². The maximum atomic E-state index is 6.69. The topological polar surface area (TPSA) is 17.0 Å². The van der Waals surface area contributed by atoms with Crippen molar-refractivity contribution in [2.75, 3.05) is 0 Å². The van der Waals surface area contributed by atoms with Gasteiger partial charge in [-0.1, -0.05) is 66.7 Å². The van der Waals surface area contributed by atoms with E-state index in [1.165, 1.54) is 27.5 Å². The number of hydrogen-bond acceptors (Lipinski definition) is 1. The quantitative estimate of drug-likeness (QED) is 0.268. The van der Waals surface area contributed by atoms with Crippen molar-refractivity contribution in [1.29, 1.82) is 0 Å². The molecule has 0 saturated carbocycles. The molecule has 0 N–H and O–H groups in total. The highest BCUT2D eigenvalue weighted by atomic mass is 16.3. The van der Waals surface area contributed by atoms with Crippen molar-refractivity contribution in [3.63, 3.8) is 0 Å². The standard InChI is InChI=1S/C30H24NO/c1-19-11-16-27(31(3)18-19)28-20(2)12-15-26-25-10-6-9-24(29(25)32-30(26)28)23-14-13-21-7-4-5-8-22(21)17-23/h4-18H,1-3H3/q+1. The van der Waals surface area contributed by atoms with Crippen LogP contribution in [0.1, 0.15) is 11.1 Å². The molecule has 4 aromatic carbocycles. The molecule has 0 aliphatic heterocycles. The number of aromatic nitrogens is 1. The zero-order valence-electron chi connectivity index (χ0n) is 18.5. The molecule has 0 saturated heterocycles. The molecule has 2 aromatic heterocycles. The first-order chi connectivity index (χ1) is 15.6. The number of aryl methyl sites for hydroxylation is 3. The summed E-state index contributed by atoms with van der Waals surface area (Å²) in [6.45, 7) is 4.28. The Kier molecular flexibility index (Phi) is 4.16. The van der Waals surface area contributed by atoms with Gasteiger partial charge in [-0.05, 0) is 47.9 Å². The van der Waals surface area contributed by atoms with E-state index < -0.39 is 0 Å². The lowest BCUT2D eigenvalue weighted by molar-refractivity contribution is -0.660. The molecule has 2 heteroatoms. The van der Waals surface area contributed by atoms with Crippen LogP contribution in [-0.4, -0.2) is 0 Å². The molecule has 0 unspecified atom stereocenters. The number of furan rings is 1. The molecular weight excluding hydrogens is 390 g/mol. The second-order valence-corrected chi connectivity index (χ2v) is 8.68. The molecule has 0 aliphatic carbocycles. The monoisotopic (exact) mass is 414 g/mol. The van der Waals surface area contributed by atoms with Crippen LogP contribution in [0.4, 0.5) is 0 Å². The van der Waals surface area contributed by atoms with Crippen LogP contribution in [0.15, 0.2) is 95.5 Å². The van der Waals surface area contributed by atoms with Crippen molar-refractivity contribution in [3.8, 4) is 22.4 Å². The molecule has 32 heavy (non-hydrogen) atoms. The highest BCUT2D eigenvalue weighted by molar-refractivity contribution is 6.13. The first-order valence-corrected chi connectivity index (χ1v) is 11.0. The van der Waals surface area contributed by atoms with Crippen molar-refractivity contribution < 1.29 is 8.98 Å². The Morgan fingerprint density at radius 1 is 0.688 bits per heavy atom. The van der Waals surface area contributed by atoms with Crippen molar-refractivity contribution >= 4 is 32.7 Å². The molecule has 0 amide bonds. The molecule has 6 aromatic rings. The van der Waals surface area contributed by atoms with Gasteiger partial charge < -0.3 is 4.42 Å². The fourth-order valence-electron chi connectivity index (χ4n) is 4.87. The van der Waals surface area contributed by atoms with E-state index >= 15 is 0 Å². The number of hydrogen-bond donors (Lipinski definition) is 0. The summed E-state index contributed by atoms with van der Waals surface area (Å²) in [7, 11) is 2.10. The Labute approximate surface area is 187 Å². The average molecular weight is 415 g/mol. The van der Waals surface area contributed by atoms with E-state index in [9.17, 15) is 0 Å². The first-order valence-electron chi connectivity index (χ1n) is 11.0. The van der Waals surface area contributed by atoms with Gasteiger partial charge in [0.25, 0.3) is 0 Å². The lowest BCUT2D eigenvalue weighted by atomic mass is 9.98. The lowest BCUT2D eigenvalue weighted by Crippen LogP contribution is -2.31. The van der Waals surface area contributed by atoms with Gasteiger partial charge in [0.15, 0.2) is 6.20 Å². The fraction of sp³-hybridized carbons (Fsp3) is 0.100. The smallest absolute Gasteiger partial charge is 0.216 e. The summed E-state index contributed by atoms with van der Waals surface area (Å²) in [6, 6.07) is 30.3. The molecule has 2 nitrogen and oxygen atoms in total. The van der Waals surface area contributed by atoms with Gasteiger partial charge in [-0.15, -0.1) is 0 Å². The minimum absolute atomic E-state index is 0.944. The minimum atomic E-state index is 0.944. The zero-order valence-corrected chi connectivity index (χ0v) is 18.5. The molecular formula is C30H24NO+. The summed E-state index contributed by atoms with van der Waals surface area (Å²) >= 11 is 0. The molecule has 2 heterocycles. The van der Waals surface area contributed by atoms with Gasteiger partial charge in [0.2, 0.25) is 5.69 Å². The van der Waals surface area contributed by atoms with Crippen LogP contribution < -0.4 is 4.57 Å². The van der Waals surface area contributed by atoms with Crippen molar-refractivity contribution in [2.24, 2.45) is 7.05 Å². The summed E-state index contributed by atoms with van der Waals surface area (Å²) in [5.41, 5.74) is 8.96. The van der Waals surface area contributed by atoms with Gasteiger partial charge in [-0.25, -0.2) is 4.57 Å². The van der Waals surface area contributed by atoms with E-state index in [1.807, 2.05) is 0 Å². The lowest BCUT2D eigenvalue weighted by Gasteiger charge is -2.06. The molecule has 154 valence electrons. The van der Waals surface area contributed by atoms with Crippen LogP contribution in [0, 0.1) is 13.8 Å². The van der Waals surface area contributed by atoms with Crippen LogP contribution in [0.25, 0.3) is 55.1 Å². The Morgan fingerprint density at radius 3 is 2.34 bits per heavy atom. The second kappa shape index (κ2) is 7.06. The normalized spacial score (nSPS) is 11.6. The van der Waals surface area contributed by atoms with Crippen molar-refractivity contribution in [1.82, 2.24) is 0 Å². The summed E-state index contributed by atoms with van der Waals surface area (Å²) in [6.07, 6.45) is 2.16. The molecule has 6 rings (SSSR count). The molecule has 0 spiro atoms. The Morgan fingerprint density at radius 2 is 1.50 bits per heavy atom. The number of benzene rings is 4. The van der Waals surface area contributed by atoms with Crippen LogP contribution in [-0.2, 0) is 7.05 Å². The maximum Gasteiger partial charge on any atom is 0.216 e. The third-order valence-electron chi connectivity index (χ3n) is 6.47. The van der Waals surface area contributed by atoms with Crippen molar-refractivity contribution in [3.05, 3.63) is 102 Å². The molecule has 0 aliphatic rings. The van der Waals surface area contributed by atoms with E-state index in [0.717, 1.165) is 38.8 Å². The summed E-state index contributed by atoms with van der Waals surface area (Å²) in [5, 5.41) is 4.80. The number of rotatable bonds is 2. The van der Waals surface area contributed by atoms with Crippen molar-refractivity contribution in [2.45, 2.75) is 13.8 Å². The second-order valence-electron chi connectivity index (χ2n) is 8.68.